The molecule has 0 aliphatic carbocycles. The molecule has 1 amide bonds. The van der Waals surface area contributed by atoms with Crippen LogP contribution in [0.5, 0.6) is 0 Å². The van der Waals surface area contributed by atoms with Gasteiger partial charge in [-0.05, 0) is 64.4 Å². The topological polar surface area (TPSA) is 41.6 Å². The van der Waals surface area contributed by atoms with Gasteiger partial charge in [0.15, 0.2) is 0 Å². The van der Waals surface area contributed by atoms with Gasteiger partial charge >= 0.3 is 6.09 Å². The van der Waals surface area contributed by atoms with Crippen LogP contribution < -0.4 is 5.32 Å². The Morgan fingerprint density at radius 2 is 2.00 bits per heavy atom. The predicted molar refractivity (Wildman–Crippen MR) is 80.8 cm³/mol. The Balaban J connectivity index is 1.93. The molecule has 4 heteroatoms. The van der Waals surface area contributed by atoms with Crippen LogP contribution in [0.4, 0.5) is 10.5 Å². The zero-order valence-corrected chi connectivity index (χ0v) is 12.6. The van der Waals surface area contributed by atoms with Crippen molar-refractivity contribution in [2.75, 3.05) is 18.4 Å². The zero-order valence-electron chi connectivity index (χ0n) is 12.6. The van der Waals surface area contributed by atoms with Crippen molar-refractivity contribution in [1.29, 1.82) is 0 Å². The molecule has 1 saturated heterocycles. The molecule has 1 heterocycles. The third-order valence-corrected chi connectivity index (χ3v) is 3.18. The molecule has 0 aromatic heterocycles. The molecule has 1 fully saturated rings. The molecule has 1 N–H and O–H groups in total. The Morgan fingerprint density at radius 3 is 2.65 bits per heavy atom. The minimum Gasteiger partial charge on any atom is -0.444 e. The maximum atomic E-state index is 11.7. The summed E-state index contributed by atoms with van der Waals surface area (Å²) < 4.78 is 5.25. The second kappa shape index (κ2) is 6.27. The van der Waals surface area contributed by atoms with Gasteiger partial charge in [-0.3, -0.25) is 10.2 Å². The van der Waals surface area contributed by atoms with E-state index >= 15 is 0 Å². The van der Waals surface area contributed by atoms with Gasteiger partial charge in [-0.25, -0.2) is 4.79 Å². The van der Waals surface area contributed by atoms with Gasteiger partial charge in [-0.15, -0.1) is 0 Å². The Kier molecular flexibility index (Phi) is 4.65. The molecular weight excluding hydrogens is 252 g/mol. The molecule has 0 atom stereocenters. The van der Waals surface area contributed by atoms with Crippen molar-refractivity contribution in [3.05, 3.63) is 29.8 Å². The number of likely N-dealkylation sites (tertiary alicyclic amines) is 1. The molecule has 1 aliphatic rings. The van der Waals surface area contributed by atoms with Gasteiger partial charge in [0.25, 0.3) is 0 Å². The smallest absolute Gasteiger partial charge is 0.412 e. The van der Waals surface area contributed by atoms with E-state index in [1.807, 2.05) is 39.0 Å². The number of amides is 1. The van der Waals surface area contributed by atoms with Crippen LogP contribution in [0.2, 0.25) is 0 Å². The van der Waals surface area contributed by atoms with E-state index in [0.717, 1.165) is 12.2 Å². The van der Waals surface area contributed by atoms with E-state index in [4.69, 9.17) is 4.74 Å². The number of benzene rings is 1. The second-order valence-electron chi connectivity index (χ2n) is 6.31. The molecule has 20 heavy (non-hydrogen) atoms. The lowest BCUT2D eigenvalue weighted by atomic mass is 10.2. The number of rotatable bonds is 3. The van der Waals surface area contributed by atoms with Gasteiger partial charge in [0, 0.05) is 12.2 Å². The minimum absolute atomic E-state index is 0.407. The summed E-state index contributed by atoms with van der Waals surface area (Å²) in [6, 6.07) is 7.97. The van der Waals surface area contributed by atoms with E-state index in [9.17, 15) is 4.79 Å². The lowest BCUT2D eigenvalue weighted by Crippen LogP contribution is -2.27. The molecule has 1 aliphatic heterocycles. The van der Waals surface area contributed by atoms with E-state index in [-0.39, 0.29) is 0 Å². The van der Waals surface area contributed by atoms with Crippen LogP contribution in [0, 0.1) is 0 Å². The molecule has 1 aromatic rings. The van der Waals surface area contributed by atoms with Crippen LogP contribution in [0.15, 0.2) is 24.3 Å². The van der Waals surface area contributed by atoms with Gasteiger partial charge in [0.1, 0.15) is 5.60 Å². The van der Waals surface area contributed by atoms with Gasteiger partial charge in [0.05, 0.1) is 0 Å². The number of carbonyl (C=O) groups is 1. The fourth-order valence-corrected chi connectivity index (χ4v) is 2.37. The SMILES string of the molecule is CC(C)(C)OC(=O)Nc1cccc(CN2CCCC2)c1. The van der Waals surface area contributed by atoms with Crippen LogP contribution in [-0.4, -0.2) is 29.7 Å². The number of hydrogen-bond acceptors (Lipinski definition) is 3. The molecule has 0 spiro atoms. The first-order chi connectivity index (χ1) is 9.42. The van der Waals surface area contributed by atoms with Crippen molar-refractivity contribution in [2.24, 2.45) is 0 Å². The van der Waals surface area contributed by atoms with E-state index < -0.39 is 11.7 Å². The molecule has 2 rings (SSSR count). The number of anilines is 1. The number of hydrogen-bond donors (Lipinski definition) is 1. The highest BCUT2D eigenvalue weighted by Crippen LogP contribution is 2.17. The molecular formula is C16H24N2O2. The zero-order chi connectivity index (χ0) is 14.6. The molecule has 0 unspecified atom stereocenters. The van der Waals surface area contributed by atoms with Crippen molar-refractivity contribution in [3.63, 3.8) is 0 Å². The third kappa shape index (κ3) is 4.85. The summed E-state index contributed by atoms with van der Waals surface area (Å²) in [4.78, 5) is 14.2. The largest absolute Gasteiger partial charge is 0.444 e. The van der Waals surface area contributed by atoms with E-state index in [1.54, 1.807) is 0 Å². The Morgan fingerprint density at radius 1 is 1.30 bits per heavy atom. The van der Waals surface area contributed by atoms with Crippen molar-refractivity contribution >= 4 is 11.8 Å². The maximum Gasteiger partial charge on any atom is 0.412 e. The molecule has 1 aromatic carbocycles. The Labute approximate surface area is 121 Å². The summed E-state index contributed by atoms with van der Waals surface area (Å²) >= 11 is 0. The van der Waals surface area contributed by atoms with Crippen LogP contribution in [0.25, 0.3) is 0 Å². The quantitative estimate of drug-likeness (QED) is 0.916. The average Bonchev–Trinajstić information content (AvgIpc) is 2.79. The summed E-state index contributed by atoms with van der Waals surface area (Å²) in [5, 5.41) is 2.78. The van der Waals surface area contributed by atoms with E-state index in [1.165, 1.54) is 31.5 Å². The molecule has 0 radical (unpaired) electrons. The summed E-state index contributed by atoms with van der Waals surface area (Å²) in [6.07, 6.45) is 2.17. The molecule has 0 bridgehead atoms. The highest BCUT2D eigenvalue weighted by Gasteiger charge is 2.16. The monoisotopic (exact) mass is 276 g/mol. The average molecular weight is 276 g/mol. The fraction of sp³-hybridized carbons (Fsp3) is 0.562. The maximum absolute atomic E-state index is 11.7. The second-order valence-corrected chi connectivity index (χ2v) is 6.31. The van der Waals surface area contributed by atoms with Gasteiger partial charge in [-0.1, -0.05) is 12.1 Å². The summed E-state index contributed by atoms with van der Waals surface area (Å²) in [7, 11) is 0. The first-order valence-corrected chi connectivity index (χ1v) is 7.24. The van der Waals surface area contributed by atoms with Gasteiger partial charge in [0.2, 0.25) is 0 Å². The number of carbonyl (C=O) groups excluding carboxylic acids is 1. The van der Waals surface area contributed by atoms with Crippen LogP contribution in [0.3, 0.4) is 0 Å². The summed E-state index contributed by atoms with van der Waals surface area (Å²) in [5.41, 5.74) is 1.54. The number of nitrogens with one attached hydrogen (secondary N) is 1. The van der Waals surface area contributed by atoms with Crippen molar-refractivity contribution in [2.45, 2.75) is 45.8 Å². The lowest BCUT2D eigenvalue weighted by molar-refractivity contribution is 0.0636. The highest BCUT2D eigenvalue weighted by atomic mass is 16.6. The first-order valence-electron chi connectivity index (χ1n) is 7.24. The highest BCUT2D eigenvalue weighted by molar-refractivity contribution is 5.84. The molecule has 0 saturated carbocycles. The molecule has 4 nitrogen and oxygen atoms in total. The molecule has 110 valence electrons. The first kappa shape index (κ1) is 14.9. The summed E-state index contributed by atoms with van der Waals surface area (Å²) in [6.45, 7) is 8.86. The fourth-order valence-electron chi connectivity index (χ4n) is 2.37. The normalized spacial score (nSPS) is 16.1. The van der Waals surface area contributed by atoms with Crippen LogP contribution >= 0.6 is 0 Å². The van der Waals surface area contributed by atoms with Gasteiger partial charge in [-0.2, -0.15) is 0 Å². The van der Waals surface area contributed by atoms with Crippen LogP contribution in [-0.2, 0) is 11.3 Å². The standard InChI is InChI=1S/C16H24N2O2/c1-16(2,3)20-15(19)17-14-8-6-7-13(11-14)12-18-9-4-5-10-18/h6-8,11H,4-5,9-10,12H2,1-3H3,(H,17,19). The predicted octanol–water partition coefficient (Wildman–Crippen LogP) is 3.63. The van der Waals surface area contributed by atoms with Crippen molar-refractivity contribution < 1.29 is 9.53 Å². The minimum atomic E-state index is -0.475. The third-order valence-electron chi connectivity index (χ3n) is 3.18. The van der Waals surface area contributed by atoms with Crippen LogP contribution in [0.1, 0.15) is 39.2 Å². The Hall–Kier alpha value is -1.55. The van der Waals surface area contributed by atoms with Gasteiger partial charge < -0.3 is 4.74 Å². The summed E-state index contributed by atoms with van der Waals surface area (Å²) in [5.74, 6) is 0. The van der Waals surface area contributed by atoms with Crippen molar-refractivity contribution in [3.8, 4) is 0 Å². The Bertz CT molecular complexity index is 460. The lowest BCUT2D eigenvalue weighted by Gasteiger charge is -2.20. The van der Waals surface area contributed by atoms with E-state index in [2.05, 4.69) is 16.3 Å². The van der Waals surface area contributed by atoms with Crippen molar-refractivity contribution in [1.82, 2.24) is 4.90 Å². The number of nitrogens with zero attached hydrogens (tertiary/aromatic N) is 1. The van der Waals surface area contributed by atoms with E-state index in [0.29, 0.717) is 0 Å². The number of ether oxygens (including phenoxy) is 1.